The fraction of sp³-hybridized carbons (Fsp3) is 0. The topological polar surface area (TPSA) is 28.7 Å². The Balaban J connectivity index is 0. The number of nitrogens with one attached hydrogen (secondary N) is 1. The van der Waals surface area contributed by atoms with Gasteiger partial charge in [-0.3, -0.25) is 0 Å². The van der Waals surface area contributed by atoms with Crippen molar-refractivity contribution in [2.45, 2.75) is 0 Å². The minimum atomic E-state index is 0. The van der Waals surface area contributed by atoms with Crippen molar-refractivity contribution in [2.24, 2.45) is 0 Å². The van der Waals surface area contributed by atoms with Crippen molar-refractivity contribution in [1.29, 1.82) is 0 Å². The molecule has 2 rings (SSSR count). The van der Waals surface area contributed by atoms with Crippen LogP contribution in [0.1, 0.15) is 0 Å². The maximum Gasteiger partial charge on any atom is 0 e. The van der Waals surface area contributed by atoms with Crippen LogP contribution in [0.2, 0.25) is 0 Å². The predicted octanol–water partition coefficient (Wildman–Crippen LogP) is 1.69. The van der Waals surface area contributed by atoms with Crippen molar-refractivity contribution in [1.82, 2.24) is 9.97 Å². The molecule has 0 spiro atoms. The summed E-state index contributed by atoms with van der Waals surface area (Å²) in [5, 5.41) is 0. The molecule has 0 saturated carbocycles. The summed E-state index contributed by atoms with van der Waals surface area (Å²) in [5.74, 6) is 0. The molecular formula is C9H8N2Y2-2. The van der Waals surface area contributed by atoms with Crippen LogP contribution >= 0.6 is 0 Å². The zero-order valence-electron chi connectivity index (χ0n) is 7.14. The molecule has 0 aliphatic rings. The van der Waals surface area contributed by atoms with Crippen molar-refractivity contribution in [3.8, 4) is 0 Å². The predicted molar refractivity (Wildman–Crippen MR) is 42.7 cm³/mol. The van der Waals surface area contributed by atoms with Gasteiger partial charge in [0.05, 0.1) is 0 Å². The van der Waals surface area contributed by atoms with E-state index in [4.69, 9.17) is 0 Å². The van der Waals surface area contributed by atoms with Crippen LogP contribution in [-0.4, -0.2) is 9.97 Å². The summed E-state index contributed by atoms with van der Waals surface area (Å²) < 4.78 is 0. The zero-order valence-corrected chi connectivity index (χ0v) is 12.8. The quantitative estimate of drug-likeness (QED) is 0.735. The summed E-state index contributed by atoms with van der Waals surface area (Å²) >= 11 is 0. The van der Waals surface area contributed by atoms with Gasteiger partial charge in [0.2, 0.25) is 0 Å². The molecule has 4 heteroatoms. The van der Waals surface area contributed by atoms with E-state index < -0.39 is 0 Å². The van der Waals surface area contributed by atoms with Gasteiger partial charge in [0.15, 0.2) is 0 Å². The van der Waals surface area contributed by atoms with Gasteiger partial charge in [0, 0.05) is 65.4 Å². The van der Waals surface area contributed by atoms with Crippen LogP contribution in [0.5, 0.6) is 0 Å². The van der Waals surface area contributed by atoms with Gasteiger partial charge in [0.25, 0.3) is 0 Å². The Hall–Kier alpha value is 0.638. The molecule has 2 radical (unpaired) electrons. The third-order valence-corrected chi connectivity index (χ3v) is 0.959. The number of H-pyrrole nitrogens is 1. The van der Waals surface area contributed by atoms with Gasteiger partial charge in [-0.15, -0.1) is 6.20 Å². The van der Waals surface area contributed by atoms with Crippen molar-refractivity contribution < 1.29 is 65.4 Å². The molecule has 13 heavy (non-hydrogen) atoms. The minimum Gasteiger partial charge on any atom is -0.484 e. The molecule has 62 valence electrons. The largest absolute Gasteiger partial charge is 0.484 e. The summed E-state index contributed by atoms with van der Waals surface area (Å²) in [7, 11) is 0. The maximum atomic E-state index is 3.66. The molecule has 2 aromatic heterocycles. The fourth-order valence-electron chi connectivity index (χ4n) is 0.518. The van der Waals surface area contributed by atoms with Gasteiger partial charge in [0.1, 0.15) is 0 Å². The van der Waals surface area contributed by atoms with Crippen molar-refractivity contribution in [2.75, 3.05) is 0 Å². The van der Waals surface area contributed by atoms with Gasteiger partial charge < -0.3 is 9.97 Å². The van der Waals surface area contributed by atoms with Crippen LogP contribution in [0.25, 0.3) is 0 Å². The average Bonchev–Trinajstić information content (AvgIpc) is 2.64. The summed E-state index contributed by atoms with van der Waals surface area (Å²) in [6.45, 7) is 0. The second-order valence-corrected chi connectivity index (χ2v) is 1.77. The van der Waals surface area contributed by atoms with E-state index in [1.807, 2.05) is 30.5 Å². The Morgan fingerprint density at radius 3 is 2.00 bits per heavy atom. The molecule has 0 atom stereocenters. The number of hydrogen-bond acceptors (Lipinski definition) is 1. The molecule has 0 aromatic carbocycles. The molecule has 0 saturated heterocycles. The molecule has 0 aliphatic heterocycles. The van der Waals surface area contributed by atoms with E-state index >= 15 is 0 Å². The Labute approximate surface area is 129 Å². The molecule has 0 unspecified atom stereocenters. The number of rotatable bonds is 0. The molecule has 0 aliphatic carbocycles. The molecule has 0 amide bonds. The van der Waals surface area contributed by atoms with Gasteiger partial charge in [-0.25, -0.2) is 0 Å². The van der Waals surface area contributed by atoms with E-state index in [9.17, 15) is 0 Å². The van der Waals surface area contributed by atoms with Gasteiger partial charge in [-0.2, -0.15) is 36.5 Å². The molecule has 2 aromatic rings. The first-order valence-electron chi connectivity index (χ1n) is 3.26. The second kappa shape index (κ2) is 12.6. The van der Waals surface area contributed by atoms with E-state index in [0.29, 0.717) is 0 Å². The monoisotopic (exact) mass is 322 g/mol. The van der Waals surface area contributed by atoms with Gasteiger partial charge >= 0.3 is 0 Å². The molecule has 2 heterocycles. The van der Waals surface area contributed by atoms with Crippen LogP contribution in [0.4, 0.5) is 0 Å². The standard InChI is InChI=1S/C5H4N.C4H4N.2Y/c1-2-4-6-5-3-1;1-2-4-5-3-1;;/h1-4H;1-3,5H;;/q2*-1;;. The first-order chi connectivity index (χ1) is 5.50. The van der Waals surface area contributed by atoms with E-state index in [1.54, 1.807) is 12.3 Å². The third kappa shape index (κ3) is 10.6. The SMILES string of the molecule is [Y].[Y].[c-]1ccc[nH]1.[c-]1ccccn1. The summed E-state index contributed by atoms with van der Waals surface area (Å²) in [5.41, 5.74) is 0. The Bertz CT molecular complexity index is 201. The van der Waals surface area contributed by atoms with Crippen LogP contribution < -0.4 is 0 Å². The first-order valence-corrected chi connectivity index (χ1v) is 3.26. The number of aromatic nitrogens is 2. The first kappa shape index (κ1) is 16.1. The Kier molecular flexibility index (Phi) is 15.6. The average molecular weight is 322 g/mol. The molecule has 0 bridgehead atoms. The van der Waals surface area contributed by atoms with Crippen LogP contribution in [0.3, 0.4) is 0 Å². The van der Waals surface area contributed by atoms with Crippen LogP contribution in [-0.2, 0) is 65.4 Å². The fourth-order valence-corrected chi connectivity index (χ4v) is 0.518. The Morgan fingerprint density at radius 2 is 1.85 bits per heavy atom. The second-order valence-electron chi connectivity index (χ2n) is 1.77. The minimum absolute atomic E-state index is 0. The molecular weight excluding hydrogens is 314 g/mol. The molecule has 2 nitrogen and oxygen atoms in total. The molecule has 1 N–H and O–H groups in total. The van der Waals surface area contributed by atoms with Crippen LogP contribution in [0.15, 0.2) is 42.7 Å². The number of aromatic amines is 1. The summed E-state index contributed by atoms with van der Waals surface area (Å²) in [4.78, 5) is 6.40. The van der Waals surface area contributed by atoms with E-state index in [1.165, 1.54) is 0 Å². The van der Waals surface area contributed by atoms with Crippen LogP contribution in [0, 0.1) is 12.4 Å². The van der Waals surface area contributed by atoms with Gasteiger partial charge in [-0.1, -0.05) is 12.4 Å². The maximum absolute atomic E-state index is 3.66. The van der Waals surface area contributed by atoms with Crippen molar-refractivity contribution in [3.63, 3.8) is 0 Å². The van der Waals surface area contributed by atoms with Crippen molar-refractivity contribution >= 4 is 0 Å². The van der Waals surface area contributed by atoms with E-state index in [2.05, 4.69) is 22.4 Å². The zero-order chi connectivity index (χ0) is 7.78. The van der Waals surface area contributed by atoms with E-state index in [0.717, 1.165) is 0 Å². The molecule has 0 fully saturated rings. The summed E-state index contributed by atoms with van der Waals surface area (Å²) in [6.07, 6.45) is 8.89. The number of hydrogen-bond donors (Lipinski definition) is 1. The van der Waals surface area contributed by atoms with E-state index in [-0.39, 0.29) is 65.4 Å². The summed E-state index contributed by atoms with van der Waals surface area (Å²) in [6, 6.07) is 9.21. The normalized spacial score (nSPS) is 6.77. The van der Waals surface area contributed by atoms with Gasteiger partial charge in [-0.05, 0) is 0 Å². The third-order valence-electron chi connectivity index (χ3n) is 0.959. The number of nitrogens with zero attached hydrogens (tertiary/aromatic N) is 1. The van der Waals surface area contributed by atoms with Crippen molar-refractivity contribution in [3.05, 3.63) is 55.1 Å². The smallest absolute Gasteiger partial charge is 0 e. The Morgan fingerprint density at radius 1 is 1.00 bits per heavy atom. The number of pyridine rings is 1.